The van der Waals surface area contributed by atoms with Crippen molar-refractivity contribution in [3.63, 3.8) is 0 Å². The molecule has 16 heavy (non-hydrogen) atoms. The van der Waals surface area contributed by atoms with Crippen molar-refractivity contribution in [3.05, 3.63) is 23.8 Å². The van der Waals surface area contributed by atoms with E-state index in [9.17, 15) is 4.79 Å². The number of ketones is 1. The largest absolute Gasteiger partial charge is 0.309 e. The summed E-state index contributed by atoms with van der Waals surface area (Å²) >= 11 is 0. The summed E-state index contributed by atoms with van der Waals surface area (Å²) in [4.78, 5) is 14.0. The highest BCUT2D eigenvalue weighted by Crippen LogP contribution is 2.14. The standard InChI is InChI=1S/C14H19NO/c1-12-8-6-4-5-7-9-13(12)14(16)10-11-15(2)3/h5,7,9,12H,4,10-11H2,1-3H3/b7-5-,13-9?. The third-order valence-electron chi connectivity index (χ3n) is 2.52. The highest BCUT2D eigenvalue weighted by atomic mass is 16.1. The maximum atomic E-state index is 12.0. The highest BCUT2D eigenvalue weighted by molar-refractivity contribution is 5.96. The maximum absolute atomic E-state index is 12.0. The van der Waals surface area contributed by atoms with Crippen LogP contribution in [0.4, 0.5) is 0 Å². The number of allylic oxidation sites excluding steroid dienone is 4. The van der Waals surface area contributed by atoms with Crippen molar-refractivity contribution in [2.75, 3.05) is 20.6 Å². The van der Waals surface area contributed by atoms with Crippen LogP contribution < -0.4 is 0 Å². The van der Waals surface area contributed by atoms with Crippen LogP contribution in [0.3, 0.4) is 0 Å². The minimum Gasteiger partial charge on any atom is -0.309 e. The number of carbonyl (C=O) groups excluding carboxylic acids is 1. The summed E-state index contributed by atoms with van der Waals surface area (Å²) in [5.74, 6) is 6.41. The third kappa shape index (κ3) is 4.04. The van der Waals surface area contributed by atoms with E-state index in [-0.39, 0.29) is 11.7 Å². The molecule has 1 aliphatic rings. The fourth-order valence-electron chi connectivity index (χ4n) is 1.54. The first-order valence-corrected chi connectivity index (χ1v) is 5.64. The van der Waals surface area contributed by atoms with E-state index >= 15 is 0 Å². The lowest BCUT2D eigenvalue weighted by Crippen LogP contribution is -2.19. The second-order valence-electron chi connectivity index (χ2n) is 4.27. The number of hydrogen-bond acceptors (Lipinski definition) is 2. The molecule has 0 aromatic heterocycles. The van der Waals surface area contributed by atoms with E-state index in [1.807, 2.05) is 44.1 Å². The summed E-state index contributed by atoms with van der Waals surface area (Å²) < 4.78 is 0. The van der Waals surface area contributed by atoms with E-state index in [0.29, 0.717) is 6.42 Å². The fourth-order valence-corrected chi connectivity index (χ4v) is 1.54. The number of carbonyl (C=O) groups is 1. The summed E-state index contributed by atoms with van der Waals surface area (Å²) in [5.41, 5.74) is 0.838. The second kappa shape index (κ2) is 6.30. The molecule has 86 valence electrons. The van der Waals surface area contributed by atoms with Crippen molar-refractivity contribution in [2.24, 2.45) is 5.92 Å². The van der Waals surface area contributed by atoms with Gasteiger partial charge in [0.25, 0.3) is 0 Å². The van der Waals surface area contributed by atoms with Crippen LogP contribution in [0.5, 0.6) is 0 Å². The topological polar surface area (TPSA) is 20.3 Å². The molecule has 0 N–H and O–H groups in total. The number of nitrogens with zero attached hydrogens (tertiary/aromatic N) is 1. The Kier molecular flexibility index (Phi) is 5.01. The first kappa shape index (κ1) is 12.7. The molecule has 1 unspecified atom stereocenters. The molecule has 1 aliphatic carbocycles. The zero-order chi connectivity index (χ0) is 12.0. The van der Waals surface area contributed by atoms with Gasteiger partial charge in [0.15, 0.2) is 5.78 Å². The SMILES string of the molecule is CC1C#CC/C=C\C=C1C(=O)CCN(C)C. The molecular weight excluding hydrogens is 198 g/mol. The molecule has 0 saturated carbocycles. The van der Waals surface area contributed by atoms with E-state index in [4.69, 9.17) is 0 Å². The number of Topliss-reactive ketones (excluding diaryl/α,β-unsaturated/α-hetero) is 1. The Bertz CT molecular complexity index is 366. The molecule has 0 saturated heterocycles. The summed E-state index contributed by atoms with van der Waals surface area (Å²) in [6.07, 6.45) is 7.18. The van der Waals surface area contributed by atoms with Gasteiger partial charge in [-0.15, -0.1) is 0 Å². The number of rotatable bonds is 4. The van der Waals surface area contributed by atoms with Gasteiger partial charge in [-0.2, -0.15) is 0 Å². The average Bonchev–Trinajstić information content (AvgIpc) is 2.20. The Hall–Kier alpha value is -1.33. The van der Waals surface area contributed by atoms with Crippen LogP contribution in [0.25, 0.3) is 0 Å². The van der Waals surface area contributed by atoms with Crippen LogP contribution in [0.2, 0.25) is 0 Å². The van der Waals surface area contributed by atoms with E-state index in [1.165, 1.54) is 0 Å². The first-order chi connectivity index (χ1) is 7.61. The van der Waals surface area contributed by atoms with Crippen molar-refractivity contribution in [1.29, 1.82) is 0 Å². The summed E-state index contributed by atoms with van der Waals surface area (Å²) in [6, 6.07) is 0. The lowest BCUT2D eigenvalue weighted by atomic mass is 9.94. The molecule has 1 atom stereocenters. The lowest BCUT2D eigenvalue weighted by molar-refractivity contribution is -0.116. The zero-order valence-corrected chi connectivity index (χ0v) is 10.3. The van der Waals surface area contributed by atoms with Crippen LogP contribution >= 0.6 is 0 Å². The molecule has 0 bridgehead atoms. The second-order valence-corrected chi connectivity index (χ2v) is 4.27. The maximum Gasteiger partial charge on any atom is 0.161 e. The first-order valence-electron chi connectivity index (χ1n) is 5.64. The Morgan fingerprint density at radius 2 is 2.31 bits per heavy atom. The molecule has 0 radical (unpaired) electrons. The van der Waals surface area contributed by atoms with Gasteiger partial charge >= 0.3 is 0 Å². The van der Waals surface area contributed by atoms with Gasteiger partial charge in [0.1, 0.15) is 0 Å². The molecule has 2 nitrogen and oxygen atoms in total. The van der Waals surface area contributed by atoms with Crippen molar-refractivity contribution in [1.82, 2.24) is 4.90 Å². The van der Waals surface area contributed by atoms with Crippen LogP contribution in [0.15, 0.2) is 23.8 Å². The van der Waals surface area contributed by atoms with E-state index in [1.54, 1.807) is 0 Å². The predicted molar refractivity (Wildman–Crippen MR) is 67.0 cm³/mol. The minimum absolute atomic E-state index is 0.0552. The molecule has 0 amide bonds. The normalized spacial score (nSPS) is 21.5. The molecule has 2 heteroatoms. The smallest absolute Gasteiger partial charge is 0.161 e. The van der Waals surface area contributed by atoms with Gasteiger partial charge in [-0.3, -0.25) is 4.79 Å². The minimum atomic E-state index is 0.0552. The van der Waals surface area contributed by atoms with Crippen LogP contribution in [-0.2, 0) is 4.79 Å². The number of hydrogen-bond donors (Lipinski definition) is 0. The lowest BCUT2D eigenvalue weighted by Gasteiger charge is -2.12. The van der Waals surface area contributed by atoms with Gasteiger partial charge in [0.2, 0.25) is 0 Å². The van der Waals surface area contributed by atoms with Crippen molar-refractivity contribution < 1.29 is 4.79 Å². The van der Waals surface area contributed by atoms with Gasteiger partial charge in [0, 0.05) is 30.9 Å². The van der Waals surface area contributed by atoms with E-state index in [2.05, 4.69) is 11.8 Å². The molecule has 1 rings (SSSR count). The van der Waals surface area contributed by atoms with Gasteiger partial charge in [0.05, 0.1) is 0 Å². The van der Waals surface area contributed by atoms with Crippen LogP contribution in [-0.4, -0.2) is 31.3 Å². The van der Waals surface area contributed by atoms with E-state index in [0.717, 1.165) is 18.5 Å². The van der Waals surface area contributed by atoms with Gasteiger partial charge in [-0.05, 0) is 21.0 Å². The molecule has 0 aliphatic heterocycles. The van der Waals surface area contributed by atoms with Crippen molar-refractivity contribution in [3.8, 4) is 11.8 Å². The van der Waals surface area contributed by atoms with Crippen molar-refractivity contribution >= 4 is 5.78 Å². The summed E-state index contributed by atoms with van der Waals surface area (Å²) in [5, 5.41) is 0. The van der Waals surface area contributed by atoms with Crippen molar-refractivity contribution in [2.45, 2.75) is 19.8 Å². The third-order valence-corrected chi connectivity index (χ3v) is 2.52. The summed E-state index contributed by atoms with van der Waals surface area (Å²) in [6.45, 7) is 2.78. The average molecular weight is 217 g/mol. The molecule has 0 aromatic rings. The van der Waals surface area contributed by atoms with Crippen LogP contribution in [0.1, 0.15) is 19.8 Å². The molecule has 0 spiro atoms. The Morgan fingerprint density at radius 3 is 3.00 bits per heavy atom. The van der Waals surface area contributed by atoms with Crippen LogP contribution in [0, 0.1) is 17.8 Å². The van der Waals surface area contributed by atoms with Gasteiger partial charge < -0.3 is 4.90 Å². The van der Waals surface area contributed by atoms with Gasteiger partial charge in [-0.25, -0.2) is 0 Å². The van der Waals surface area contributed by atoms with Gasteiger partial charge in [-0.1, -0.05) is 30.1 Å². The Morgan fingerprint density at radius 1 is 1.56 bits per heavy atom. The van der Waals surface area contributed by atoms with E-state index < -0.39 is 0 Å². The molecular formula is C14H19NO. The molecule has 0 heterocycles. The fraction of sp³-hybridized carbons (Fsp3) is 0.500. The Labute approximate surface area is 98.0 Å². The quantitative estimate of drug-likeness (QED) is 0.672. The molecule has 0 aromatic carbocycles. The highest BCUT2D eigenvalue weighted by Gasteiger charge is 2.14. The zero-order valence-electron chi connectivity index (χ0n) is 10.3. The Balaban J connectivity index is 2.70. The summed E-state index contributed by atoms with van der Waals surface area (Å²) in [7, 11) is 3.95. The monoisotopic (exact) mass is 217 g/mol. The predicted octanol–water partition coefficient (Wildman–Crippen LogP) is 2.03. The molecule has 0 fully saturated rings.